The molecule has 0 saturated carbocycles. The second-order valence-electron chi connectivity index (χ2n) is 6.69. The Kier molecular flexibility index (Phi) is 5.95. The summed E-state index contributed by atoms with van der Waals surface area (Å²) in [6.07, 6.45) is 4.37. The fourth-order valence-corrected chi connectivity index (χ4v) is 3.79. The average Bonchev–Trinajstić information content (AvgIpc) is 3.10. The number of thiophene rings is 1. The molecule has 0 spiro atoms. The maximum absolute atomic E-state index is 12.9. The highest BCUT2D eigenvalue weighted by Gasteiger charge is 2.25. The lowest BCUT2D eigenvalue weighted by molar-refractivity contribution is 0.0629. The Morgan fingerprint density at radius 3 is 2.65 bits per heavy atom. The molecule has 1 fully saturated rings. The minimum Gasteiger partial charge on any atom is -0.335 e. The van der Waals surface area contributed by atoms with Crippen LogP contribution in [0.3, 0.4) is 0 Å². The molecule has 0 aliphatic carbocycles. The van der Waals surface area contributed by atoms with Crippen molar-refractivity contribution in [2.24, 2.45) is 5.92 Å². The number of amides is 2. The van der Waals surface area contributed by atoms with Crippen LogP contribution in [0.25, 0.3) is 0 Å². The van der Waals surface area contributed by atoms with E-state index >= 15 is 0 Å². The molecule has 1 saturated heterocycles. The zero-order valence-electron chi connectivity index (χ0n) is 15.0. The Morgan fingerprint density at radius 2 is 2.00 bits per heavy atom. The highest BCUT2D eigenvalue weighted by molar-refractivity contribution is 7.12. The molecule has 3 rings (SSSR count). The smallest absolute Gasteiger partial charge is 0.275 e. The molecule has 2 aromatic heterocycles. The van der Waals surface area contributed by atoms with Gasteiger partial charge in [0.15, 0.2) is 0 Å². The van der Waals surface area contributed by atoms with Gasteiger partial charge in [0.1, 0.15) is 10.6 Å². The second-order valence-corrected chi connectivity index (χ2v) is 7.61. The fourth-order valence-electron chi connectivity index (χ4n) is 2.97. The molecule has 2 amide bonds. The zero-order chi connectivity index (χ0) is 18.5. The molecule has 2 aromatic rings. The van der Waals surface area contributed by atoms with Crippen LogP contribution in [0, 0.1) is 5.92 Å². The number of nitrogens with zero attached hydrogens (tertiary/aromatic N) is 4. The summed E-state index contributed by atoms with van der Waals surface area (Å²) in [6, 6.07) is 1.75. The van der Waals surface area contributed by atoms with Gasteiger partial charge >= 0.3 is 0 Å². The SMILES string of the molecule is CC(C)CN1CCN(C(=O)c2sccc2NC(=O)c2cnccn2)CC1. The van der Waals surface area contributed by atoms with E-state index in [9.17, 15) is 9.59 Å². The van der Waals surface area contributed by atoms with Crippen LogP contribution in [-0.4, -0.2) is 64.3 Å². The van der Waals surface area contributed by atoms with Crippen molar-refractivity contribution in [2.75, 3.05) is 38.0 Å². The quantitative estimate of drug-likeness (QED) is 0.869. The van der Waals surface area contributed by atoms with Crippen molar-refractivity contribution in [3.63, 3.8) is 0 Å². The largest absolute Gasteiger partial charge is 0.335 e. The molecular formula is C18H23N5O2S. The third kappa shape index (κ3) is 4.44. The van der Waals surface area contributed by atoms with Gasteiger partial charge in [-0.3, -0.25) is 19.5 Å². The first-order valence-electron chi connectivity index (χ1n) is 8.71. The van der Waals surface area contributed by atoms with Crippen LogP contribution in [-0.2, 0) is 0 Å². The Bertz CT molecular complexity index is 754. The molecule has 0 atom stereocenters. The number of anilines is 1. The summed E-state index contributed by atoms with van der Waals surface area (Å²) in [7, 11) is 0. The third-order valence-electron chi connectivity index (χ3n) is 4.19. The van der Waals surface area contributed by atoms with Crippen molar-refractivity contribution in [2.45, 2.75) is 13.8 Å². The number of carbonyl (C=O) groups excluding carboxylic acids is 2. The molecule has 7 nitrogen and oxygen atoms in total. The van der Waals surface area contributed by atoms with E-state index < -0.39 is 0 Å². The Hall–Kier alpha value is -2.32. The van der Waals surface area contributed by atoms with Gasteiger partial charge in [0.2, 0.25) is 0 Å². The molecule has 0 bridgehead atoms. The summed E-state index contributed by atoms with van der Waals surface area (Å²) in [5.74, 6) is 0.225. The van der Waals surface area contributed by atoms with Gasteiger partial charge in [0.05, 0.1) is 11.9 Å². The fraction of sp³-hybridized carbons (Fsp3) is 0.444. The van der Waals surface area contributed by atoms with Crippen LogP contribution in [0.15, 0.2) is 30.0 Å². The van der Waals surface area contributed by atoms with E-state index in [1.54, 1.807) is 6.07 Å². The number of rotatable bonds is 5. The third-order valence-corrected chi connectivity index (χ3v) is 5.09. The van der Waals surface area contributed by atoms with Crippen LogP contribution in [0.5, 0.6) is 0 Å². The van der Waals surface area contributed by atoms with E-state index in [0.717, 1.165) is 19.6 Å². The number of piperazine rings is 1. The first-order valence-corrected chi connectivity index (χ1v) is 9.59. The minimum absolute atomic E-state index is 0.0290. The highest BCUT2D eigenvalue weighted by atomic mass is 32.1. The highest BCUT2D eigenvalue weighted by Crippen LogP contribution is 2.25. The van der Waals surface area contributed by atoms with Crippen molar-refractivity contribution in [3.05, 3.63) is 40.6 Å². The van der Waals surface area contributed by atoms with Crippen LogP contribution in [0.1, 0.15) is 34.0 Å². The second kappa shape index (κ2) is 8.37. The van der Waals surface area contributed by atoms with Crippen LogP contribution < -0.4 is 5.32 Å². The molecule has 1 N–H and O–H groups in total. The number of carbonyl (C=O) groups is 2. The minimum atomic E-state index is -0.368. The predicted molar refractivity (Wildman–Crippen MR) is 101 cm³/mol. The topological polar surface area (TPSA) is 78.4 Å². The summed E-state index contributed by atoms with van der Waals surface area (Å²) in [4.78, 5) is 37.8. The van der Waals surface area contributed by atoms with Crippen LogP contribution in [0.2, 0.25) is 0 Å². The lowest BCUT2D eigenvalue weighted by Crippen LogP contribution is -2.49. The average molecular weight is 373 g/mol. The molecule has 8 heteroatoms. The molecule has 138 valence electrons. The number of nitrogens with one attached hydrogen (secondary N) is 1. The first kappa shape index (κ1) is 18.5. The van der Waals surface area contributed by atoms with Crippen LogP contribution in [0.4, 0.5) is 5.69 Å². The van der Waals surface area contributed by atoms with Crippen molar-refractivity contribution in [1.29, 1.82) is 0 Å². The number of hydrogen-bond acceptors (Lipinski definition) is 6. The Balaban J connectivity index is 1.63. The van der Waals surface area contributed by atoms with E-state index in [1.807, 2.05) is 10.3 Å². The van der Waals surface area contributed by atoms with Gasteiger partial charge in [-0.25, -0.2) is 4.98 Å². The molecule has 26 heavy (non-hydrogen) atoms. The Labute approximate surface area is 157 Å². The molecule has 0 radical (unpaired) electrons. The van der Waals surface area contributed by atoms with E-state index in [0.29, 0.717) is 29.6 Å². The number of hydrogen-bond donors (Lipinski definition) is 1. The van der Waals surface area contributed by atoms with Gasteiger partial charge < -0.3 is 10.2 Å². The predicted octanol–water partition coefficient (Wildman–Crippen LogP) is 2.20. The summed E-state index contributed by atoms with van der Waals surface area (Å²) >= 11 is 1.34. The van der Waals surface area contributed by atoms with E-state index in [4.69, 9.17) is 0 Å². The zero-order valence-corrected chi connectivity index (χ0v) is 15.8. The van der Waals surface area contributed by atoms with Crippen molar-refractivity contribution in [3.8, 4) is 0 Å². The lowest BCUT2D eigenvalue weighted by Gasteiger charge is -2.35. The van der Waals surface area contributed by atoms with Crippen LogP contribution >= 0.6 is 11.3 Å². The van der Waals surface area contributed by atoms with Gasteiger partial charge in [-0.1, -0.05) is 13.8 Å². The maximum Gasteiger partial charge on any atom is 0.275 e. The summed E-state index contributed by atoms with van der Waals surface area (Å²) < 4.78 is 0. The van der Waals surface area contributed by atoms with Crippen molar-refractivity contribution in [1.82, 2.24) is 19.8 Å². The van der Waals surface area contributed by atoms with Gasteiger partial charge in [-0.15, -0.1) is 11.3 Å². The molecule has 0 unspecified atom stereocenters. The molecule has 1 aliphatic heterocycles. The van der Waals surface area contributed by atoms with Gasteiger partial charge in [-0.2, -0.15) is 0 Å². The van der Waals surface area contributed by atoms with E-state index in [1.165, 1.54) is 29.9 Å². The summed E-state index contributed by atoms with van der Waals surface area (Å²) in [6.45, 7) is 8.65. The van der Waals surface area contributed by atoms with Gasteiger partial charge in [0, 0.05) is 45.1 Å². The van der Waals surface area contributed by atoms with Crippen molar-refractivity contribution >= 4 is 28.8 Å². The van der Waals surface area contributed by atoms with E-state index in [2.05, 4.69) is 34.0 Å². The lowest BCUT2D eigenvalue weighted by atomic mass is 10.2. The molecular weight excluding hydrogens is 350 g/mol. The summed E-state index contributed by atoms with van der Waals surface area (Å²) in [5, 5.41) is 4.59. The Morgan fingerprint density at radius 1 is 1.23 bits per heavy atom. The number of aromatic nitrogens is 2. The molecule has 3 heterocycles. The maximum atomic E-state index is 12.9. The van der Waals surface area contributed by atoms with Gasteiger partial charge in [0.25, 0.3) is 11.8 Å². The molecule has 0 aromatic carbocycles. The standard InChI is InChI=1S/C18H23N5O2S/c1-13(2)12-22-6-8-23(9-7-22)18(25)16-14(3-10-26-16)21-17(24)15-11-19-4-5-20-15/h3-5,10-11,13H,6-9,12H2,1-2H3,(H,21,24). The summed E-state index contributed by atoms with van der Waals surface area (Å²) in [5.41, 5.74) is 0.750. The molecule has 1 aliphatic rings. The van der Waals surface area contributed by atoms with E-state index in [-0.39, 0.29) is 17.5 Å². The first-order chi connectivity index (χ1) is 12.5. The van der Waals surface area contributed by atoms with Crippen molar-refractivity contribution < 1.29 is 9.59 Å². The normalized spacial score (nSPS) is 15.3. The monoisotopic (exact) mass is 373 g/mol. The van der Waals surface area contributed by atoms with Gasteiger partial charge in [-0.05, 0) is 17.4 Å².